The summed E-state index contributed by atoms with van der Waals surface area (Å²) in [6, 6.07) is 13.2. The number of methoxy groups -OCH3 is 1. The summed E-state index contributed by atoms with van der Waals surface area (Å²) in [7, 11) is 3.20. The minimum absolute atomic E-state index is 0.125. The summed E-state index contributed by atoms with van der Waals surface area (Å²) in [6.07, 6.45) is 3.36. The molecular weight excluding hydrogens is 474 g/mol. The van der Waals surface area contributed by atoms with Gasteiger partial charge >= 0.3 is 12.1 Å². The van der Waals surface area contributed by atoms with E-state index >= 15 is 0 Å². The molecule has 1 aliphatic carbocycles. The third-order valence-corrected chi connectivity index (χ3v) is 6.70. The number of carbonyl (C=O) groups excluding carboxylic acids is 2. The Morgan fingerprint density at radius 2 is 1.89 bits per heavy atom. The maximum atomic E-state index is 12.2. The molecule has 1 N–H and O–H groups in total. The predicted molar refractivity (Wildman–Crippen MR) is 135 cm³/mol. The fourth-order valence-corrected chi connectivity index (χ4v) is 4.60. The van der Waals surface area contributed by atoms with Gasteiger partial charge in [0.15, 0.2) is 0 Å². The number of benzene rings is 1. The van der Waals surface area contributed by atoms with Crippen LogP contribution in [0.4, 0.5) is 4.79 Å². The molecule has 4 rings (SSSR count). The molecule has 37 heavy (non-hydrogen) atoms. The Hall–Kier alpha value is -3.95. The Morgan fingerprint density at radius 1 is 1.11 bits per heavy atom. The summed E-state index contributed by atoms with van der Waals surface area (Å²) in [4.78, 5) is 29.0. The number of carbonyl (C=O) groups is 2. The maximum absolute atomic E-state index is 12.2. The van der Waals surface area contributed by atoms with Crippen molar-refractivity contribution in [1.29, 1.82) is 0 Å². The van der Waals surface area contributed by atoms with Crippen LogP contribution in [0.15, 0.2) is 42.5 Å². The van der Waals surface area contributed by atoms with Gasteiger partial charge in [-0.1, -0.05) is 48.4 Å². The van der Waals surface area contributed by atoms with Crippen molar-refractivity contribution >= 4 is 12.1 Å². The van der Waals surface area contributed by atoms with E-state index in [9.17, 15) is 9.59 Å². The van der Waals surface area contributed by atoms with E-state index in [1.165, 1.54) is 7.11 Å². The number of ether oxygens (including phenoxy) is 3. The number of pyridine rings is 1. The number of aryl methyl sites for hydroxylation is 2. The van der Waals surface area contributed by atoms with Crippen LogP contribution in [0.25, 0.3) is 11.4 Å². The fraction of sp³-hybridized carbons (Fsp3) is 0.444. The topological polar surface area (TPSA) is 117 Å². The van der Waals surface area contributed by atoms with Gasteiger partial charge in [0.1, 0.15) is 18.1 Å². The molecule has 1 saturated carbocycles. The van der Waals surface area contributed by atoms with Gasteiger partial charge in [0.2, 0.25) is 0 Å². The van der Waals surface area contributed by atoms with Crippen molar-refractivity contribution in [3.63, 3.8) is 0 Å². The molecule has 196 valence electrons. The first kappa shape index (κ1) is 26.1. The molecule has 2 heterocycles. The standard InChI is InChI=1S/C27H33N5O5/c1-18-24(36-17-20-11-7-8-12-21(20)26(33)35-3)14-13-22(29-18)25-23(32(2)31-30-25)15-28-27(34)37-16-19-9-5-4-6-10-19/h4-6,9-10,13-14,20-21H,7-8,11-12,15-17H2,1-3H3,(H,28,34)/t20-,21+/m1/s1. The molecule has 1 aromatic carbocycles. The highest BCUT2D eigenvalue weighted by atomic mass is 16.5. The highest BCUT2D eigenvalue weighted by Crippen LogP contribution is 2.32. The number of nitrogens with zero attached hydrogens (tertiary/aromatic N) is 4. The number of hydrogen-bond acceptors (Lipinski definition) is 8. The lowest BCUT2D eigenvalue weighted by molar-refractivity contribution is -0.149. The molecule has 2 atom stereocenters. The Kier molecular flexibility index (Phi) is 8.71. The second-order valence-electron chi connectivity index (χ2n) is 9.19. The number of alkyl carbamates (subject to hydrolysis) is 1. The summed E-state index contributed by atoms with van der Waals surface area (Å²) >= 11 is 0. The average Bonchev–Trinajstić information content (AvgIpc) is 3.30. The largest absolute Gasteiger partial charge is 0.491 e. The van der Waals surface area contributed by atoms with Crippen molar-refractivity contribution in [2.75, 3.05) is 13.7 Å². The lowest BCUT2D eigenvalue weighted by Crippen LogP contribution is -2.32. The molecule has 3 aromatic rings. The molecule has 0 aliphatic heterocycles. The van der Waals surface area contributed by atoms with Crippen molar-refractivity contribution in [3.8, 4) is 17.1 Å². The van der Waals surface area contributed by atoms with Crippen LogP contribution < -0.4 is 10.1 Å². The smallest absolute Gasteiger partial charge is 0.407 e. The van der Waals surface area contributed by atoms with Gasteiger partial charge < -0.3 is 19.5 Å². The Bertz CT molecular complexity index is 1210. The lowest BCUT2D eigenvalue weighted by atomic mass is 9.80. The van der Waals surface area contributed by atoms with Crippen LogP contribution in [0.1, 0.15) is 42.6 Å². The van der Waals surface area contributed by atoms with Gasteiger partial charge in [-0.3, -0.25) is 4.79 Å². The SMILES string of the molecule is COC(=O)[C@H]1CCCC[C@@H]1COc1ccc(-c2nnn(C)c2CNC(=O)OCc2ccccc2)nc1C. The molecule has 0 spiro atoms. The van der Waals surface area contributed by atoms with Gasteiger partial charge in [-0.05, 0) is 37.5 Å². The zero-order valence-corrected chi connectivity index (χ0v) is 21.5. The van der Waals surface area contributed by atoms with Gasteiger partial charge in [0.25, 0.3) is 0 Å². The van der Waals surface area contributed by atoms with Crippen molar-refractivity contribution < 1.29 is 23.8 Å². The first-order valence-electron chi connectivity index (χ1n) is 12.5. The molecular formula is C27H33N5O5. The molecule has 1 fully saturated rings. The molecule has 1 aliphatic rings. The van der Waals surface area contributed by atoms with Crippen LogP contribution in [0.5, 0.6) is 5.75 Å². The summed E-state index contributed by atoms with van der Waals surface area (Å²) in [5, 5.41) is 11.1. The van der Waals surface area contributed by atoms with Crippen LogP contribution in [0.3, 0.4) is 0 Å². The normalized spacial score (nSPS) is 17.2. The zero-order valence-electron chi connectivity index (χ0n) is 21.5. The highest BCUT2D eigenvalue weighted by Gasteiger charge is 2.32. The van der Waals surface area contributed by atoms with Crippen LogP contribution in [0, 0.1) is 18.8 Å². The quantitative estimate of drug-likeness (QED) is 0.433. The third kappa shape index (κ3) is 6.63. The van der Waals surface area contributed by atoms with E-state index in [0.717, 1.165) is 31.2 Å². The van der Waals surface area contributed by atoms with Crippen LogP contribution in [0.2, 0.25) is 0 Å². The van der Waals surface area contributed by atoms with E-state index in [1.807, 2.05) is 49.4 Å². The van der Waals surface area contributed by atoms with Crippen molar-refractivity contribution in [1.82, 2.24) is 25.3 Å². The highest BCUT2D eigenvalue weighted by molar-refractivity contribution is 5.72. The summed E-state index contributed by atoms with van der Waals surface area (Å²) < 4.78 is 18.0. The lowest BCUT2D eigenvalue weighted by Gasteiger charge is -2.29. The fourth-order valence-electron chi connectivity index (χ4n) is 4.60. The summed E-state index contributed by atoms with van der Waals surface area (Å²) in [5.41, 5.74) is 3.50. The molecule has 0 radical (unpaired) electrons. The average molecular weight is 508 g/mol. The van der Waals surface area contributed by atoms with Crippen molar-refractivity contribution in [2.45, 2.75) is 45.8 Å². The number of nitrogens with one attached hydrogen (secondary N) is 1. The maximum Gasteiger partial charge on any atom is 0.407 e. The number of aromatic nitrogens is 4. The van der Waals surface area contributed by atoms with Gasteiger partial charge in [0, 0.05) is 13.0 Å². The van der Waals surface area contributed by atoms with Gasteiger partial charge in [0.05, 0.1) is 43.3 Å². The first-order valence-corrected chi connectivity index (χ1v) is 12.5. The van der Waals surface area contributed by atoms with E-state index in [2.05, 4.69) is 20.6 Å². The molecule has 0 saturated heterocycles. The first-order chi connectivity index (χ1) is 18.0. The Morgan fingerprint density at radius 3 is 2.65 bits per heavy atom. The molecule has 10 nitrogen and oxygen atoms in total. The third-order valence-electron chi connectivity index (χ3n) is 6.70. The zero-order chi connectivity index (χ0) is 26.2. The van der Waals surface area contributed by atoms with Crippen molar-refractivity contribution in [3.05, 3.63) is 59.4 Å². The summed E-state index contributed by atoms with van der Waals surface area (Å²) in [6.45, 7) is 2.68. The van der Waals surface area contributed by atoms with Gasteiger partial charge in [-0.25, -0.2) is 14.5 Å². The molecule has 1 amide bonds. The molecule has 0 bridgehead atoms. The molecule has 10 heteroatoms. The van der Waals surface area contributed by atoms with Gasteiger partial charge in [-0.2, -0.15) is 0 Å². The Labute approximate surface area is 216 Å². The minimum Gasteiger partial charge on any atom is -0.491 e. The van der Waals surface area contributed by atoms with Crippen LogP contribution >= 0.6 is 0 Å². The monoisotopic (exact) mass is 507 g/mol. The number of amides is 1. The number of esters is 1. The van der Waals surface area contributed by atoms with Gasteiger partial charge in [-0.15, -0.1) is 5.10 Å². The van der Waals surface area contributed by atoms with Crippen molar-refractivity contribution in [2.24, 2.45) is 18.9 Å². The second-order valence-corrected chi connectivity index (χ2v) is 9.19. The van der Waals surface area contributed by atoms with E-state index in [1.54, 1.807) is 11.7 Å². The number of rotatable bonds is 9. The van der Waals surface area contributed by atoms with E-state index in [0.29, 0.717) is 35.1 Å². The van der Waals surface area contributed by atoms with E-state index in [-0.39, 0.29) is 31.0 Å². The predicted octanol–water partition coefficient (Wildman–Crippen LogP) is 3.97. The Balaban J connectivity index is 1.37. The van der Waals surface area contributed by atoms with E-state index in [4.69, 9.17) is 14.2 Å². The molecule has 0 unspecified atom stereocenters. The minimum atomic E-state index is -0.531. The van der Waals surface area contributed by atoms with Crippen LogP contribution in [-0.4, -0.2) is 45.8 Å². The molecule has 2 aromatic heterocycles. The number of hydrogen-bond donors (Lipinski definition) is 1. The summed E-state index contributed by atoms with van der Waals surface area (Å²) in [5.74, 6) is 0.497. The van der Waals surface area contributed by atoms with Crippen LogP contribution in [-0.2, 0) is 34.5 Å². The van der Waals surface area contributed by atoms with E-state index < -0.39 is 6.09 Å². The second kappa shape index (κ2) is 12.3.